The average molecular weight is 740 g/mol. The van der Waals surface area contributed by atoms with Crippen LogP contribution in [-0.2, 0) is 43.3 Å². The Morgan fingerprint density at radius 2 is 1.19 bits per heavy atom. The SMILES string of the molecule is C[C@H]1[C@@H](CC(C[C@H]2O[C@@H]3O[C@@]4(C)CC[C@H]5[C@H](C)CC[C@@H]([C@H]2C)[C@@]35OO4)C(=O)NNC(=O)c2ccncc2)O[C@@H]2O[C@@]3(C)CC[C@H]4[C@H](C)CC[C@@H]1[C@@]24OO3. The van der Waals surface area contributed by atoms with Crippen LogP contribution < -0.4 is 10.9 Å². The normalized spacial score (nSPS) is 50.2. The summed E-state index contributed by atoms with van der Waals surface area (Å²) >= 11 is 0. The van der Waals surface area contributed by atoms with E-state index in [4.69, 9.17) is 38.5 Å². The third-order valence-corrected chi connectivity index (χ3v) is 15.2. The number of aromatic nitrogens is 1. The smallest absolute Gasteiger partial charge is 0.269 e. The highest BCUT2D eigenvalue weighted by Crippen LogP contribution is 2.63. The van der Waals surface area contributed by atoms with Crippen LogP contribution in [0.4, 0.5) is 0 Å². The van der Waals surface area contributed by atoms with Gasteiger partial charge in [0.2, 0.25) is 17.5 Å². The van der Waals surface area contributed by atoms with E-state index in [1.807, 2.05) is 13.8 Å². The van der Waals surface area contributed by atoms with Crippen LogP contribution in [0, 0.1) is 53.3 Å². The second-order valence-electron chi connectivity index (χ2n) is 18.2. The largest absolute Gasteiger partial charge is 0.346 e. The summed E-state index contributed by atoms with van der Waals surface area (Å²) in [6, 6.07) is 3.21. The highest BCUT2D eigenvalue weighted by atomic mass is 17.3. The lowest BCUT2D eigenvalue weighted by molar-refractivity contribution is -0.571. The van der Waals surface area contributed by atoms with Gasteiger partial charge in [-0.05, 0) is 113 Å². The molecule has 2 aliphatic carbocycles. The van der Waals surface area contributed by atoms with Gasteiger partial charge in [-0.2, -0.15) is 0 Å². The maximum absolute atomic E-state index is 14.4. The first-order valence-electron chi connectivity index (χ1n) is 20.3. The monoisotopic (exact) mass is 739 g/mol. The summed E-state index contributed by atoms with van der Waals surface area (Å²) in [4.78, 5) is 56.3. The molecule has 0 aromatic carbocycles. The highest BCUT2D eigenvalue weighted by Gasteiger charge is 2.71. The molecule has 1 aromatic rings. The van der Waals surface area contributed by atoms with Crippen molar-refractivity contribution in [2.24, 2.45) is 53.3 Å². The van der Waals surface area contributed by atoms with E-state index in [1.165, 1.54) is 0 Å². The van der Waals surface area contributed by atoms with Gasteiger partial charge in [-0.25, -0.2) is 19.6 Å². The van der Waals surface area contributed by atoms with Gasteiger partial charge in [0.25, 0.3) is 5.91 Å². The maximum Gasteiger partial charge on any atom is 0.269 e. The molecule has 8 saturated heterocycles. The predicted octanol–water partition coefficient (Wildman–Crippen LogP) is 5.74. The van der Waals surface area contributed by atoms with Gasteiger partial charge >= 0.3 is 0 Å². The number of hydrogen-bond donors (Lipinski definition) is 2. The summed E-state index contributed by atoms with van der Waals surface area (Å²) < 4.78 is 27.3. The number of pyridine rings is 1. The number of nitrogens with one attached hydrogen (secondary N) is 2. The van der Waals surface area contributed by atoms with Crippen molar-refractivity contribution < 1.29 is 48.1 Å². The van der Waals surface area contributed by atoms with Gasteiger partial charge in [0.1, 0.15) is 0 Å². The van der Waals surface area contributed by atoms with E-state index in [2.05, 4.69) is 43.5 Å². The zero-order chi connectivity index (χ0) is 36.9. The second kappa shape index (κ2) is 13.2. The number of rotatable bonds is 6. The Morgan fingerprint density at radius 1 is 0.698 bits per heavy atom. The molecule has 8 aliphatic heterocycles. The standard InChI is InChI=1S/C40H57N3O10/c1-21-7-9-29-23(3)31(46-35-39(29)27(21)11-15-37(5,48-35)50-52-39)19-26(34(45)43-42-33(44)25-13-17-41-18-14-25)20-32-24(4)30-10-8-22(2)28-12-16-38(6)49-36(47-32)40(28,30)53-51-38/h13-14,17-18,21-24,26-32,35-36H,7-12,15-16,19-20H2,1-6H3,(H,42,44)(H,43,45)/t21-,22-,23-,24-,27+,28+,29+,30+,31-,32-,35-,36-,37-,38-,39-,40-/m1/s1. The Morgan fingerprint density at radius 3 is 1.68 bits per heavy atom. The summed E-state index contributed by atoms with van der Waals surface area (Å²) in [5.41, 5.74) is 4.41. The van der Waals surface area contributed by atoms with Crippen LogP contribution in [0.3, 0.4) is 0 Å². The molecule has 4 bridgehead atoms. The number of nitrogens with zero attached hydrogens (tertiary/aromatic N) is 1. The highest BCUT2D eigenvalue weighted by molar-refractivity contribution is 5.95. The van der Waals surface area contributed by atoms with Gasteiger partial charge in [-0.3, -0.25) is 25.4 Å². The van der Waals surface area contributed by atoms with Crippen LogP contribution in [0.5, 0.6) is 0 Å². The van der Waals surface area contributed by atoms with Crippen molar-refractivity contribution in [2.45, 2.75) is 153 Å². The summed E-state index contributed by atoms with van der Waals surface area (Å²) in [7, 11) is 0. The Balaban J connectivity index is 1.00. The minimum absolute atomic E-state index is 0.0533. The van der Waals surface area contributed by atoms with Crippen LogP contribution in [0.25, 0.3) is 0 Å². The molecule has 2 saturated carbocycles. The van der Waals surface area contributed by atoms with Gasteiger partial charge in [-0.1, -0.05) is 27.7 Å². The van der Waals surface area contributed by atoms with Crippen LogP contribution in [0.15, 0.2) is 24.5 Å². The molecule has 11 rings (SSSR count). The molecule has 9 heterocycles. The number of hydrogen-bond acceptors (Lipinski definition) is 11. The third-order valence-electron chi connectivity index (χ3n) is 15.2. The molecular weight excluding hydrogens is 682 g/mol. The summed E-state index contributed by atoms with van der Waals surface area (Å²) in [6.07, 6.45) is 9.52. The van der Waals surface area contributed by atoms with E-state index in [0.29, 0.717) is 30.2 Å². The number of amides is 2. The first kappa shape index (κ1) is 36.4. The first-order chi connectivity index (χ1) is 25.4. The van der Waals surface area contributed by atoms with E-state index in [-0.39, 0.29) is 53.6 Å². The molecule has 13 nitrogen and oxygen atoms in total. The van der Waals surface area contributed by atoms with E-state index in [1.54, 1.807) is 24.5 Å². The molecule has 2 N–H and O–H groups in total. The lowest BCUT2D eigenvalue weighted by atomic mass is 9.56. The van der Waals surface area contributed by atoms with Crippen LogP contribution in [-0.4, -0.2) is 64.4 Å². The lowest BCUT2D eigenvalue weighted by Gasteiger charge is -2.61. The Kier molecular flexibility index (Phi) is 9.05. The van der Waals surface area contributed by atoms with E-state index in [9.17, 15) is 9.59 Å². The number of carbonyl (C=O) groups is 2. The van der Waals surface area contributed by atoms with Crippen LogP contribution in [0.1, 0.15) is 116 Å². The molecule has 13 heteroatoms. The van der Waals surface area contributed by atoms with Crippen molar-refractivity contribution in [3.05, 3.63) is 30.1 Å². The second-order valence-corrected chi connectivity index (χ2v) is 18.2. The van der Waals surface area contributed by atoms with Crippen molar-refractivity contribution in [3.8, 4) is 0 Å². The molecule has 53 heavy (non-hydrogen) atoms. The molecule has 0 radical (unpaired) electrons. The van der Waals surface area contributed by atoms with Gasteiger partial charge < -0.3 is 18.9 Å². The lowest BCUT2D eigenvalue weighted by Crippen LogP contribution is -2.71. The van der Waals surface area contributed by atoms with Crippen molar-refractivity contribution in [2.75, 3.05) is 0 Å². The fraction of sp³-hybridized carbons (Fsp3) is 0.825. The van der Waals surface area contributed by atoms with Crippen LogP contribution >= 0.6 is 0 Å². The third kappa shape index (κ3) is 5.73. The van der Waals surface area contributed by atoms with E-state index in [0.717, 1.165) is 51.4 Å². The summed E-state index contributed by atoms with van der Waals surface area (Å²) in [5.74, 6) is -1.32. The number of carbonyl (C=O) groups excluding carboxylic acids is 2. The fourth-order valence-electron chi connectivity index (χ4n) is 12.2. The van der Waals surface area contributed by atoms with Crippen molar-refractivity contribution in [1.82, 2.24) is 15.8 Å². The van der Waals surface area contributed by atoms with Gasteiger partial charge in [0.15, 0.2) is 23.8 Å². The summed E-state index contributed by atoms with van der Waals surface area (Å²) in [5, 5.41) is 0. The Bertz CT molecular complexity index is 1490. The topological polar surface area (TPSA) is 145 Å². The van der Waals surface area contributed by atoms with Gasteiger partial charge in [0.05, 0.1) is 12.2 Å². The molecule has 16 atom stereocenters. The van der Waals surface area contributed by atoms with Gasteiger partial charge in [0, 0.05) is 48.6 Å². The zero-order valence-electron chi connectivity index (χ0n) is 31.9. The van der Waals surface area contributed by atoms with Crippen molar-refractivity contribution >= 4 is 11.8 Å². The Labute approximate surface area is 312 Å². The predicted molar refractivity (Wildman–Crippen MR) is 186 cm³/mol. The minimum Gasteiger partial charge on any atom is -0.346 e. The maximum atomic E-state index is 14.4. The van der Waals surface area contributed by atoms with Crippen molar-refractivity contribution in [1.29, 1.82) is 0 Å². The average Bonchev–Trinajstić information content (AvgIpc) is 3.52. The number of ether oxygens (including phenoxy) is 4. The number of hydrazine groups is 1. The molecule has 2 amide bonds. The minimum atomic E-state index is -0.895. The molecule has 292 valence electrons. The molecular formula is C40H57N3O10. The zero-order valence-corrected chi connectivity index (χ0v) is 31.9. The molecule has 1 aromatic heterocycles. The first-order valence-corrected chi connectivity index (χ1v) is 20.3. The quantitative estimate of drug-likeness (QED) is 0.272. The van der Waals surface area contributed by atoms with Gasteiger partial charge in [-0.15, -0.1) is 0 Å². The molecule has 0 unspecified atom stereocenters. The number of fused-ring (bicyclic) bond motifs is 4. The Hall–Kier alpha value is -2.23. The fourth-order valence-corrected chi connectivity index (χ4v) is 12.2. The van der Waals surface area contributed by atoms with Crippen LogP contribution in [0.2, 0.25) is 0 Å². The molecule has 2 spiro atoms. The molecule has 10 fully saturated rings. The van der Waals surface area contributed by atoms with E-state index >= 15 is 0 Å². The van der Waals surface area contributed by atoms with Crippen molar-refractivity contribution in [3.63, 3.8) is 0 Å². The molecule has 10 aliphatic rings. The summed E-state index contributed by atoms with van der Waals surface area (Å²) in [6.45, 7) is 12.9. The van der Waals surface area contributed by atoms with E-state index < -0.39 is 47.2 Å².